The van der Waals surface area contributed by atoms with Crippen molar-refractivity contribution in [3.05, 3.63) is 78.2 Å². The lowest BCUT2D eigenvalue weighted by atomic mass is 10.1. The third-order valence-corrected chi connectivity index (χ3v) is 4.81. The summed E-state index contributed by atoms with van der Waals surface area (Å²) < 4.78 is 7.45. The van der Waals surface area contributed by atoms with Crippen LogP contribution in [-0.4, -0.2) is 21.6 Å². The molecule has 2 aromatic heterocycles. The highest BCUT2D eigenvalue weighted by molar-refractivity contribution is 5.83. The number of pyridine rings is 1. The molecular weight excluding hydrogens is 322 g/mol. The zero-order valence-corrected chi connectivity index (χ0v) is 15.2. The first-order valence-electron chi connectivity index (χ1n) is 8.71. The molecule has 0 aliphatic carbocycles. The maximum absolute atomic E-state index is 5.15. The topological polar surface area (TPSA) is 39.9 Å². The molecule has 4 heteroatoms. The summed E-state index contributed by atoms with van der Waals surface area (Å²) in [5, 5.41) is 0. The first-order chi connectivity index (χ1) is 12.7. The van der Waals surface area contributed by atoms with Gasteiger partial charge in [0.2, 0.25) is 5.88 Å². The van der Waals surface area contributed by atoms with Gasteiger partial charge in [0.25, 0.3) is 0 Å². The highest BCUT2D eigenvalue weighted by Gasteiger charge is 2.15. The van der Waals surface area contributed by atoms with Gasteiger partial charge >= 0.3 is 0 Å². The van der Waals surface area contributed by atoms with Crippen LogP contribution in [0.2, 0.25) is 0 Å². The Balaban J connectivity index is 1.82. The summed E-state index contributed by atoms with van der Waals surface area (Å²) in [6.45, 7) is 4.28. The van der Waals surface area contributed by atoms with E-state index in [2.05, 4.69) is 65.9 Å². The van der Waals surface area contributed by atoms with E-state index in [9.17, 15) is 0 Å². The smallest absolute Gasteiger partial charge is 0.212 e. The van der Waals surface area contributed by atoms with Crippen molar-refractivity contribution in [3.63, 3.8) is 0 Å². The van der Waals surface area contributed by atoms with Crippen LogP contribution in [-0.2, 0) is 0 Å². The van der Waals surface area contributed by atoms with Gasteiger partial charge in [-0.2, -0.15) is 0 Å². The quantitative estimate of drug-likeness (QED) is 0.522. The number of methoxy groups -OCH3 is 1. The minimum Gasteiger partial charge on any atom is -0.481 e. The fraction of sp³-hybridized carbons (Fsp3) is 0.182. The minimum atomic E-state index is 0.213. The lowest BCUT2D eigenvalue weighted by Gasteiger charge is -2.17. The Morgan fingerprint density at radius 3 is 2.42 bits per heavy atom. The largest absolute Gasteiger partial charge is 0.481 e. The second-order valence-electron chi connectivity index (χ2n) is 6.41. The summed E-state index contributed by atoms with van der Waals surface area (Å²) in [7, 11) is 1.63. The maximum Gasteiger partial charge on any atom is 0.212 e. The van der Waals surface area contributed by atoms with Crippen molar-refractivity contribution in [3.8, 4) is 17.0 Å². The first-order valence-corrected chi connectivity index (χ1v) is 8.71. The average Bonchev–Trinajstić information content (AvgIpc) is 3.03. The monoisotopic (exact) mass is 343 g/mol. The van der Waals surface area contributed by atoms with Crippen molar-refractivity contribution in [1.82, 2.24) is 14.5 Å². The average molecular weight is 343 g/mol. The summed E-state index contributed by atoms with van der Waals surface area (Å²) in [6, 6.07) is 21.0. The van der Waals surface area contributed by atoms with Gasteiger partial charge in [0.1, 0.15) is 5.82 Å². The Kier molecular flexibility index (Phi) is 4.17. The zero-order chi connectivity index (χ0) is 18.1. The van der Waals surface area contributed by atoms with Crippen molar-refractivity contribution in [2.45, 2.75) is 19.9 Å². The molecule has 2 heterocycles. The van der Waals surface area contributed by atoms with Gasteiger partial charge in [-0.05, 0) is 43.2 Å². The van der Waals surface area contributed by atoms with Gasteiger partial charge < -0.3 is 9.30 Å². The van der Waals surface area contributed by atoms with Gasteiger partial charge in [-0.15, -0.1) is 0 Å². The standard InChI is InChI=1S/C22H21N3O/c1-15(17-7-5-4-6-8-17)25-16(2)24-20-11-9-18(13-21(20)25)19-10-12-22(26-3)23-14-19/h4-15H,1-3H3/t15-/m0/s1. The zero-order valence-electron chi connectivity index (χ0n) is 15.2. The van der Waals surface area contributed by atoms with Crippen LogP contribution in [0.5, 0.6) is 5.88 Å². The predicted molar refractivity (Wildman–Crippen MR) is 105 cm³/mol. The van der Waals surface area contributed by atoms with Crippen LogP contribution in [0.1, 0.15) is 24.4 Å². The molecule has 130 valence electrons. The van der Waals surface area contributed by atoms with E-state index in [0.717, 1.165) is 28.0 Å². The molecule has 0 saturated carbocycles. The van der Waals surface area contributed by atoms with E-state index in [-0.39, 0.29) is 6.04 Å². The third kappa shape index (κ3) is 2.84. The fourth-order valence-corrected chi connectivity index (χ4v) is 3.43. The fourth-order valence-electron chi connectivity index (χ4n) is 3.43. The van der Waals surface area contributed by atoms with Gasteiger partial charge in [0.05, 0.1) is 24.2 Å². The van der Waals surface area contributed by atoms with Crippen molar-refractivity contribution < 1.29 is 4.74 Å². The van der Waals surface area contributed by atoms with Crippen LogP contribution in [0.4, 0.5) is 0 Å². The molecule has 1 atom stereocenters. The number of nitrogens with zero attached hydrogens (tertiary/aromatic N) is 3. The molecule has 2 aromatic carbocycles. The second kappa shape index (κ2) is 6.64. The molecule has 0 unspecified atom stereocenters. The van der Waals surface area contributed by atoms with Crippen molar-refractivity contribution >= 4 is 11.0 Å². The summed E-state index contributed by atoms with van der Waals surface area (Å²) in [5.41, 5.74) is 5.59. The van der Waals surface area contributed by atoms with Crippen LogP contribution in [0, 0.1) is 6.92 Å². The first kappa shape index (κ1) is 16.3. The van der Waals surface area contributed by atoms with Gasteiger partial charge in [0.15, 0.2) is 0 Å². The van der Waals surface area contributed by atoms with Gasteiger partial charge in [0, 0.05) is 17.8 Å². The van der Waals surface area contributed by atoms with Gasteiger partial charge in [-0.1, -0.05) is 36.4 Å². The molecule has 4 aromatic rings. The molecule has 0 N–H and O–H groups in total. The number of rotatable bonds is 4. The Morgan fingerprint density at radius 2 is 1.73 bits per heavy atom. The molecule has 0 fully saturated rings. The van der Waals surface area contributed by atoms with Gasteiger partial charge in [-0.3, -0.25) is 0 Å². The number of hydrogen-bond acceptors (Lipinski definition) is 3. The summed E-state index contributed by atoms with van der Waals surface area (Å²) in [4.78, 5) is 9.07. The predicted octanol–water partition coefficient (Wildman–Crippen LogP) is 5.02. The van der Waals surface area contributed by atoms with Crippen molar-refractivity contribution in [2.24, 2.45) is 0 Å². The molecule has 0 radical (unpaired) electrons. The SMILES string of the molecule is COc1ccc(-c2ccc3nc(C)n([C@@H](C)c4ccccc4)c3c2)cn1. The molecule has 4 rings (SSSR count). The number of aromatic nitrogens is 3. The highest BCUT2D eigenvalue weighted by Crippen LogP contribution is 2.29. The van der Waals surface area contributed by atoms with Crippen LogP contribution in [0.3, 0.4) is 0 Å². The number of benzene rings is 2. The summed E-state index contributed by atoms with van der Waals surface area (Å²) in [6.07, 6.45) is 1.84. The van der Waals surface area contributed by atoms with Gasteiger partial charge in [-0.25, -0.2) is 9.97 Å². The number of hydrogen-bond donors (Lipinski definition) is 0. The van der Waals surface area contributed by atoms with Crippen LogP contribution in [0.25, 0.3) is 22.2 Å². The molecule has 0 spiro atoms. The molecule has 0 amide bonds. The summed E-state index contributed by atoms with van der Waals surface area (Å²) in [5.74, 6) is 1.63. The van der Waals surface area contributed by atoms with Crippen LogP contribution >= 0.6 is 0 Å². The lowest BCUT2D eigenvalue weighted by molar-refractivity contribution is 0.398. The van der Waals surface area contributed by atoms with E-state index in [1.807, 2.05) is 24.4 Å². The Morgan fingerprint density at radius 1 is 0.962 bits per heavy atom. The highest BCUT2D eigenvalue weighted by atomic mass is 16.5. The molecule has 0 aliphatic rings. The molecule has 0 saturated heterocycles. The van der Waals surface area contributed by atoms with E-state index >= 15 is 0 Å². The summed E-state index contributed by atoms with van der Waals surface area (Å²) >= 11 is 0. The number of fused-ring (bicyclic) bond motifs is 1. The van der Waals surface area contributed by atoms with Crippen molar-refractivity contribution in [2.75, 3.05) is 7.11 Å². The van der Waals surface area contributed by atoms with E-state index < -0.39 is 0 Å². The third-order valence-electron chi connectivity index (χ3n) is 4.81. The maximum atomic E-state index is 5.15. The van der Waals surface area contributed by atoms with E-state index in [0.29, 0.717) is 5.88 Å². The molecular formula is C22H21N3O. The van der Waals surface area contributed by atoms with Crippen molar-refractivity contribution in [1.29, 1.82) is 0 Å². The lowest BCUT2D eigenvalue weighted by Crippen LogP contribution is -2.08. The van der Waals surface area contributed by atoms with E-state index in [4.69, 9.17) is 9.72 Å². The van der Waals surface area contributed by atoms with Crippen LogP contribution in [0.15, 0.2) is 66.9 Å². The molecule has 0 bridgehead atoms. The Labute approximate surface area is 153 Å². The second-order valence-corrected chi connectivity index (χ2v) is 6.41. The Hall–Kier alpha value is -3.14. The molecule has 4 nitrogen and oxygen atoms in total. The number of aryl methyl sites for hydroxylation is 1. The van der Waals surface area contributed by atoms with E-state index in [1.54, 1.807) is 7.11 Å². The molecule has 0 aliphatic heterocycles. The molecule has 26 heavy (non-hydrogen) atoms. The number of imidazole rings is 1. The minimum absolute atomic E-state index is 0.213. The Bertz CT molecular complexity index is 1040. The van der Waals surface area contributed by atoms with E-state index in [1.165, 1.54) is 5.56 Å². The number of ether oxygens (including phenoxy) is 1. The normalized spacial score (nSPS) is 12.3. The van der Waals surface area contributed by atoms with Crippen LogP contribution < -0.4 is 4.74 Å².